The van der Waals surface area contributed by atoms with Crippen LogP contribution in [0.1, 0.15) is 129 Å². The van der Waals surface area contributed by atoms with Crippen LogP contribution in [0.5, 0.6) is 0 Å². The average Bonchev–Trinajstić information content (AvgIpc) is 0.747. The molecule has 35 nitrogen and oxygen atoms in total. The first-order valence-corrected chi connectivity index (χ1v) is 95.6. The lowest BCUT2D eigenvalue weighted by molar-refractivity contribution is -0.144. The Morgan fingerprint density at radius 3 is 0.856 bits per heavy atom. The summed E-state index contributed by atoms with van der Waals surface area (Å²) < 4.78 is 202. The van der Waals surface area contributed by atoms with Crippen LogP contribution in [-0.4, -0.2) is 248 Å². The van der Waals surface area contributed by atoms with Crippen molar-refractivity contribution in [2.45, 2.75) is 354 Å². The molecule has 132 heavy (non-hydrogen) atoms. The first-order valence-electron chi connectivity index (χ1n) is 44.7. The molecule has 2 bridgehead atoms. The third kappa shape index (κ3) is 45.1. The number of ether oxygens (including phenoxy) is 6. The highest BCUT2D eigenvalue weighted by atomic mass is 28.6. The number of carbonyl (C=O) groups excluding carboxylic acids is 6. The van der Waals surface area contributed by atoms with E-state index in [-0.39, 0.29) is 112 Å². The highest BCUT2D eigenvalue weighted by Gasteiger charge is 2.69. The Bertz CT molecular complexity index is 3920. The van der Waals surface area contributed by atoms with Crippen molar-refractivity contribution in [1.82, 2.24) is 0 Å². The SMILES string of the molecule is C.C.C=C(C)C(=O)OCCCC[Si]1(C)O[Si](C)(CCCOC(=O)C(=C)C)O[Si](C)(O[Si](C)(C)O[Si](C)(C)O[Si](C)(C)O[Si]2(C)O[Si](C)(CCCOC(=O)C(=C)C)O[Si](C)(O[Si](C)(C)O[Si](C)(C)O[Si](C)(C)O[Si]3(C)O[Si](C)(CCC(C)OC(=O)C(=C)C)O[Si]4(C)O[Si](C)(C)O[Si](C)(C)O[Si](C)(O3)O4)O[Si](C)(CCCOC(=O)C(=C)C)O2)O[Si](C)(C(C)CCOC(=O)C(=C)C)O1.CC. The first kappa shape index (κ1) is 129. The molecular formula is C77H170O35Si20. The van der Waals surface area contributed by atoms with Crippen molar-refractivity contribution in [3.63, 3.8) is 0 Å². The zero-order valence-corrected chi connectivity index (χ0v) is 106. The van der Waals surface area contributed by atoms with E-state index in [0.29, 0.717) is 50.2 Å². The lowest BCUT2D eigenvalue weighted by Crippen LogP contribution is -2.75. The number of hydrogen-bond acceptors (Lipinski definition) is 35. The number of rotatable bonds is 47. The van der Waals surface area contributed by atoms with Gasteiger partial charge in [-0.25, -0.2) is 28.8 Å². The van der Waals surface area contributed by atoms with Crippen molar-refractivity contribution >= 4 is 208 Å². The minimum absolute atomic E-state index is 0. The van der Waals surface area contributed by atoms with Gasteiger partial charge in [0.25, 0.3) is 0 Å². The number of carbonyl (C=O) groups is 6. The van der Waals surface area contributed by atoms with Crippen LogP contribution in [0.3, 0.4) is 0 Å². The zero-order valence-electron chi connectivity index (χ0n) is 85.7. The molecule has 768 valence electrons. The lowest BCUT2D eigenvalue weighted by Gasteiger charge is -2.53. The summed E-state index contributed by atoms with van der Waals surface area (Å²) in [6.45, 7) is 92.7. The maximum atomic E-state index is 13.0. The fourth-order valence-electron chi connectivity index (χ4n) is 16.1. The molecule has 4 aliphatic heterocycles. The first-order chi connectivity index (χ1) is 58.5. The molecule has 0 spiro atoms. The van der Waals surface area contributed by atoms with Gasteiger partial charge >= 0.3 is 208 Å². The van der Waals surface area contributed by atoms with E-state index in [0.717, 1.165) is 0 Å². The van der Waals surface area contributed by atoms with Crippen molar-refractivity contribution in [2.75, 3.05) is 33.0 Å². The largest absolute Gasteiger partial charge is 0.474 e. The van der Waals surface area contributed by atoms with E-state index in [9.17, 15) is 28.8 Å². The third-order valence-corrected chi connectivity index (χ3v) is 106. The molecule has 4 saturated heterocycles. The molecule has 4 aliphatic rings. The van der Waals surface area contributed by atoms with E-state index < -0.39 is 215 Å². The van der Waals surface area contributed by atoms with Crippen LogP contribution in [0.25, 0.3) is 0 Å². The monoisotopic (exact) mass is 2210 g/mol. The molecular weight excluding hydrogens is 2050 g/mol. The molecule has 55 heteroatoms. The van der Waals surface area contributed by atoms with Crippen LogP contribution in [0.2, 0.25) is 219 Å². The normalized spacial score (nSPS) is 30.0. The van der Waals surface area contributed by atoms with Crippen molar-refractivity contribution in [1.29, 1.82) is 0 Å². The molecule has 0 saturated carbocycles. The Balaban J connectivity index is 0.0000216. The van der Waals surface area contributed by atoms with Crippen LogP contribution in [-0.2, 0) is 152 Å². The molecule has 0 amide bonds. The van der Waals surface area contributed by atoms with Crippen LogP contribution < -0.4 is 0 Å². The Labute approximate surface area is 814 Å². The van der Waals surface area contributed by atoms with Crippen molar-refractivity contribution < 1.29 is 152 Å². The number of unbranched alkanes of at least 4 members (excludes halogenated alkanes) is 1. The highest BCUT2D eigenvalue weighted by Crippen LogP contribution is 2.46. The summed E-state index contributed by atoms with van der Waals surface area (Å²) in [5, 5.41) is 0. The quantitative estimate of drug-likeness (QED) is 0.0179. The van der Waals surface area contributed by atoms with Gasteiger partial charge in [-0.2, -0.15) is 0 Å². The van der Waals surface area contributed by atoms with E-state index >= 15 is 0 Å². The maximum absolute atomic E-state index is 13.0. The average molecular weight is 2220 g/mol. The Hall–Kier alpha value is -1.32. The molecule has 0 aromatic carbocycles. The van der Waals surface area contributed by atoms with Gasteiger partial charge in [-0.05, 0) is 268 Å². The van der Waals surface area contributed by atoms with Crippen LogP contribution in [0.4, 0.5) is 0 Å². The summed E-state index contributed by atoms with van der Waals surface area (Å²) in [4.78, 5) is 76.6. The van der Waals surface area contributed by atoms with Gasteiger partial charge in [0.1, 0.15) is 0 Å². The lowest BCUT2D eigenvalue weighted by atomic mass is 10.3. The summed E-state index contributed by atoms with van der Waals surface area (Å²) in [5.74, 6) is -3.21. The van der Waals surface area contributed by atoms with E-state index in [1.165, 1.54) is 0 Å². The Kier molecular flexibility index (Phi) is 49.0. The fourth-order valence-corrected chi connectivity index (χ4v) is 126. The summed E-state index contributed by atoms with van der Waals surface area (Å²) in [6.07, 6.45) is 2.06. The van der Waals surface area contributed by atoms with E-state index in [2.05, 4.69) is 39.5 Å². The molecule has 4 fully saturated rings. The van der Waals surface area contributed by atoms with E-state index in [1.807, 2.05) is 178 Å². The van der Waals surface area contributed by atoms with E-state index in [1.54, 1.807) is 74.7 Å². The van der Waals surface area contributed by atoms with Gasteiger partial charge in [0.2, 0.25) is 0 Å². The molecule has 0 radical (unpaired) electrons. The molecule has 0 N–H and O–H groups in total. The van der Waals surface area contributed by atoms with Crippen LogP contribution in [0.15, 0.2) is 72.9 Å². The fraction of sp³-hybridized carbons (Fsp3) is 0.766. The zero-order chi connectivity index (χ0) is 101. The molecule has 4 heterocycles. The number of fused-ring (bicyclic) bond motifs is 2. The van der Waals surface area contributed by atoms with Gasteiger partial charge in [-0.1, -0.05) is 75.1 Å². The van der Waals surface area contributed by atoms with Crippen molar-refractivity contribution in [2.24, 2.45) is 0 Å². The summed E-state index contributed by atoms with van der Waals surface area (Å²) in [5.41, 5.74) is 1.15. The summed E-state index contributed by atoms with van der Waals surface area (Å²) in [6, 6.07) is 1.50. The standard InChI is InChI=1S/C73H156O35Si20.C2H6.2CH4/c1-60(2)68(74)80-50-43-44-55-117(31)97-118(32,56-45-51-81-69(75)61(3)4)99-125(39,106-122(36,98-117)67(14)48-54-84-72(78)64(9)10)93-113(23,24)88-109(15,16)86-111(19,20)91-123(37)100-119(33,57-46-52-82-70(76)62(5)6)102-124(38,103-120(34,101-123)58-47-53-83-71(77)63(7)8)92-112(21,22)87-110(17,18)89-114(25,26)94-126(40)104-121(35,59-49-66(13)85-73(79)65(11)12)105-127(41)95-115(27,28)90-116(29,30)96-128(42,107-126)108-127;1-2;;/h66-67H,1,3,5,7,9,11,43-59H2,2,4,6,8,10,12-42H3;1-2H3;2*1H4. The Morgan fingerprint density at radius 2 is 0.538 bits per heavy atom. The second kappa shape index (κ2) is 50.3. The van der Waals surface area contributed by atoms with Crippen LogP contribution in [0, 0.1) is 0 Å². The van der Waals surface area contributed by atoms with Crippen molar-refractivity contribution in [3.05, 3.63) is 72.9 Å². The highest BCUT2D eigenvalue weighted by molar-refractivity contribution is 7.00. The molecule has 0 aromatic rings. The third-order valence-electron chi connectivity index (χ3n) is 19.2. The summed E-state index contributed by atoms with van der Waals surface area (Å²) >= 11 is 0. The van der Waals surface area contributed by atoms with Crippen molar-refractivity contribution in [3.8, 4) is 0 Å². The molecule has 0 aromatic heterocycles. The molecule has 12 atom stereocenters. The maximum Gasteiger partial charge on any atom is 0.474 e. The Morgan fingerprint density at radius 1 is 0.280 bits per heavy atom. The summed E-state index contributed by atoms with van der Waals surface area (Å²) in [7, 11) is -73.2. The minimum atomic E-state index is -4.21. The van der Waals surface area contributed by atoms with Gasteiger partial charge in [0, 0.05) is 78.3 Å². The van der Waals surface area contributed by atoms with Crippen LogP contribution >= 0.6 is 0 Å². The number of hydrogen-bond donors (Lipinski definition) is 0. The van der Waals surface area contributed by atoms with Gasteiger partial charge in [-0.3, -0.25) is 0 Å². The number of esters is 6. The molecule has 0 aliphatic carbocycles. The van der Waals surface area contributed by atoms with E-state index in [4.69, 9.17) is 123 Å². The molecule has 12 unspecified atom stereocenters. The molecule has 4 rings (SSSR count). The predicted octanol–water partition coefficient (Wildman–Crippen LogP) is 19.4. The topological polar surface area (TPSA) is 370 Å². The second-order valence-electron chi connectivity index (χ2n) is 39.0. The van der Waals surface area contributed by atoms with Gasteiger partial charge in [0.15, 0.2) is 0 Å². The minimum Gasteiger partial charge on any atom is -0.462 e. The van der Waals surface area contributed by atoms with Gasteiger partial charge in [-0.15, -0.1) is 0 Å². The van der Waals surface area contributed by atoms with Gasteiger partial charge in [0.05, 0.1) is 39.1 Å². The second-order valence-corrected chi connectivity index (χ2v) is 107. The van der Waals surface area contributed by atoms with Gasteiger partial charge < -0.3 is 123 Å². The smallest absolute Gasteiger partial charge is 0.462 e. The predicted molar refractivity (Wildman–Crippen MR) is 554 cm³/mol.